The topological polar surface area (TPSA) is 79.9 Å². The Morgan fingerprint density at radius 2 is 1.84 bits per heavy atom. The van der Waals surface area contributed by atoms with Crippen LogP contribution >= 0.6 is 23.2 Å². The molecule has 0 aliphatic rings. The summed E-state index contributed by atoms with van der Waals surface area (Å²) in [7, 11) is 1.61. The largest absolute Gasteiger partial charge is 0.497 e. The standard InChI is InChI=1S/C29H26Cl2N4O2/c1-19-6-4-7-21(16-19)29(2,28(36)33-15-5-14-32)27-18-26(20-8-13-24(30)25(31)17-20)35(34-27)22-9-11-23(37-3)12-10-22/h4,6-13,16-18H,5,15H2,1-3H3,(H,33,36)/t29-/m0/s1. The maximum Gasteiger partial charge on any atom is 0.236 e. The van der Waals surface area contributed by atoms with Crippen molar-refractivity contribution in [2.24, 2.45) is 0 Å². The molecule has 1 atom stereocenters. The molecule has 0 aliphatic carbocycles. The molecule has 0 spiro atoms. The minimum Gasteiger partial charge on any atom is -0.497 e. The van der Waals surface area contributed by atoms with Crippen molar-refractivity contribution in [2.45, 2.75) is 25.7 Å². The highest BCUT2D eigenvalue weighted by atomic mass is 35.5. The summed E-state index contributed by atoms with van der Waals surface area (Å²) in [4.78, 5) is 13.7. The van der Waals surface area contributed by atoms with Gasteiger partial charge in [-0.05, 0) is 61.9 Å². The minimum atomic E-state index is -1.13. The number of halogens is 2. The Balaban J connectivity index is 1.94. The van der Waals surface area contributed by atoms with E-state index in [4.69, 9.17) is 38.3 Å². The summed E-state index contributed by atoms with van der Waals surface area (Å²) in [5, 5.41) is 17.7. The van der Waals surface area contributed by atoms with Gasteiger partial charge in [0.15, 0.2) is 0 Å². The number of ether oxygens (including phenoxy) is 1. The molecule has 4 rings (SSSR count). The highest BCUT2D eigenvalue weighted by Gasteiger charge is 2.40. The van der Waals surface area contributed by atoms with Gasteiger partial charge in [-0.25, -0.2) is 4.68 Å². The minimum absolute atomic E-state index is 0.213. The van der Waals surface area contributed by atoms with Gasteiger partial charge < -0.3 is 10.1 Å². The van der Waals surface area contributed by atoms with Crippen LogP contribution < -0.4 is 10.1 Å². The number of nitriles is 1. The number of nitrogens with one attached hydrogen (secondary N) is 1. The van der Waals surface area contributed by atoms with Gasteiger partial charge in [-0.15, -0.1) is 0 Å². The second kappa shape index (κ2) is 11.1. The lowest BCUT2D eigenvalue weighted by Gasteiger charge is -2.27. The number of amides is 1. The van der Waals surface area contributed by atoms with Crippen LogP contribution in [0, 0.1) is 18.3 Å². The zero-order chi connectivity index (χ0) is 26.6. The van der Waals surface area contributed by atoms with Crippen LogP contribution in [0.1, 0.15) is 30.2 Å². The Morgan fingerprint density at radius 1 is 1.08 bits per heavy atom. The zero-order valence-electron chi connectivity index (χ0n) is 20.8. The Bertz CT molecular complexity index is 1470. The normalized spacial score (nSPS) is 12.4. The van der Waals surface area contributed by atoms with E-state index in [1.165, 1.54) is 0 Å². The average Bonchev–Trinajstić information content (AvgIpc) is 3.36. The molecular formula is C29H26Cl2N4O2. The van der Waals surface area contributed by atoms with Gasteiger partial charge >= 0.3 is 0 Å². The summed E-state index contributed by atoms with van der Waals surface area (Å²) in [5.74, 6) is 0.474. The van der Waals surface area contributed by atoms with Gasteiger partial charge in [-0.3, -0.25) is 4.79 Å². The predicted molar refractivity (Wildman–Crippen MR) is 146 cm³/mol. The van der Waals surface area contributed by atoms with Crippen molar-refractivity contribution in [3.63, 3.8) is 0 Å². The molecule has 3 aromatic carbocycles. The van der Waals surface area contributed by atoms with Crippen LogP contribution in [0.15, 0.2) is 72.8 Å². The monoisotopic (exact) mass is 532 g/mol. The van der Waals surface area contributed by atoms with Gasteiger partial charge in [0.1, 0.15) is 11.2 Å². The first-order valence-electron chi connectivity index (χ1n) is 11.7. The van der Waals surface area contributed by atoms with Gasteiger partial charge in [-0.2, -0.15) is 10.4 Å². The second-order valence-corrected chi connectivity index (χ2v) is 9.63. The molecule has 0 saturated heterocycles. The summed E-state index contributed by atoms with van der Waals surface area (Å²) in [6.07, 6.45) is 0.213. The summed E-state index contributed by atoms with van der Waals surface area (Å²) >= 11 is 12.6. The molecule has 1 N–H and O–H groups in total. The summed E-state index contributed by atoms with van der Waals surface area (Å²) in [6, 6.07) is 24.6. The number of hydrogen-bond acceptors (Lipinski definition) is 4. The molecule has 37 heavy (non-hydrogen) atoms. The van der Waals surface area contributed by atoms with Gasteiger partial charge in [0.25, 0.3) is 0 Å². The van der Waals surface area contributed by atoms with Crippen molar-refractivity contribution in [2.75, 3.05) is 13.7 Å². The molecule has 1 heterocycles. The second-order valence-electron chi connectivity index (χ2n) is 8.81. The first-order valence-corrected chi connectivity index (χ1v) is 12.5. The highest BCUT2D eigenvalue weighted by Crippen LogP contribution is 2.37. The smallest absolute Gasteiger partial charge is 0.236 e. The van der Waals surface area contributed by atoms with Crippen LogP contribution in [-0.2, 0) is 10.2 Å². The van der Waals surface area contributed by atoms with E-state index in [2.05, 4.69) is 11.4 Å². The number of methoxy groups -OCH3 is 1. The third-order valence-corrected chi connectivity index (χ3v) is 7.06. The van der Waals surface area contributed by atoms with E-state index in [1.54, 1.807) is 23.9 Å². The van der Waals surface area contributed by atoms with E-state index < -0.39 is 5.41 Å². The van der Waals surface area contributed by atoms with Crippen LogP contribution in [0.4, 0.5) is 0 Å². The van der Waals surface area contributed by atoms with Crippen LogP contribution in [0.3, 0.4) is 0 Å². The van der Waals surface area contributed by atoms with Gasteiger partial charge in [0, 0.05) is 12.1 Å². The molecule has 0 aliphatic heterocycles. The number of carbonyl (C=O) groups excluding carboxylic acids is 1. The Morgan fingerprint density at radius 3 is 2.49 bits per heavy atom. The van der Waals surface area contributed by atoms with E-state index in [1.807, 2.05) is 74.5 Å². The summed E-state index contributed by atoms with van der Waals surface area (Å²) < 4.78 is 7.10. The first-order chi connectivity index (χ1) is 17.8. The van der Waals surface area contributed by atoms with E-state index in [0.29, 0.717) is 21.5 Å². The molecule has 6 nitrogen and oxygen atoms in total. The van der Waals surface area contributed by atoms with E-state index in [0.717, 1.165) is 28.1 Å². The predicted octanol–water partition coefficient (Wildman–Crippen LogP) is 6.50. The molecule has 0 fully saturated rings. The molecular weight excluding hydrogens is 507 g/mol. The van der Waals surface area contributed by atoms with Crippen molar-refractivity contribution in [1.82, 2.24) is 15.1 Å². The Hall–Kier alpha value is -3.79. The summed E-state index contributed by atoms with van der Waals surface area (Å²) in [6.45, 7) is 4.08. The van der Waals surface area contributed by atoms with E-state index in [-0.39, 0.29) is 18.9 Å². The third kappa shape index (κ3) is 5.34. The Kier molecular flexibility index (Phi) is 7.87. The van der Waals surface area contributed by atoms with Crippen LogP contribution in [0.2, 0.25) is 10.0 Å². The van der Waals surface area contributed by atoms with E-state index in [9.17, 15) is 4.79 Å². The number of aryl methyl sites for hydroxylation is 1. The number of nitrogens with zero attached hydrogens (tertiary/aromatic N) is 3. The van der Waals surface area contributed by atoms with Crippen molar-refractivity contribution in [3.05, 3.63) is 99.7 Å². The molecule has 0 radical (unpaired) electrons. The molecule has 8 heteroatoms. The Labute approximate surface area is 226 Å². The lowest BCUT2D eigenvalue weighted by Crippen LogP contribution is -2.44. The highest BCUT2D eigenvalue weighted by molar-refractivity contribution is 6.42. The van der Waals surface area contributed by atoms with Gasteiger partial charge in [-0.1, -0.05) is 59.1 Å². The molecule has 0 unspecified atom stereocenters. The van der Waals surface area contributed by atoms with Crippen molar-refractivity contribution >= 4 is 29.1 Å². The molecule has 188 valence electrons. The number of benzene rings is 3. The molecule has 4 aromatic rings. The lowest BCUT2D eigenvalue weighted by atomic mass is 9.77. The fourth-order valence-corrected chi connectivity index (χ4v) is 4.46. The van der Waals surface area contributed by atoms with Crippen LogP contribution in [0.25, 0.3) is 16.9 Å². The number of carbonyl (C=O) groups is 1. The van der Waals surface area contributed by atoms with Crippen LogP contribution in [-0.4, -0.2) is 29.3 Å². The molecule has 1 amide bonds. The number of aromatic nitrogens is 2. The fraction of sp³-hybridized carbons (Fsp3) is 0.207. The van der Waals surface area contributed by atoms with Crippen molar-refractivity contribution in [3.8, 4) is 28.8 Å². The lowest BCUT2D eigenvalue weighted by molar-refractivity contribution is -0.124. The average molecular weight is 533 g/mol. The SMILES string of the molecule is COc1ccc(-n2nc([C@@](C)(C(=O)NCCC#N)c3cccc(C)c3)cc2-c2ccc(Cl)c(Cl)c2)cc1. The number of hydrogen-bond donors (Lipinski definition) is 1. The first kappa shape index (κ1) is 26.3. The van der Waals surface area contributed by atoms with Gasteiger partial charge in [0.05, 0.1) is 46.7 Å². The molecule has 1 aromatic heterocycles. The van der Waals surface area contributed by atoms with E-state index >= 15 is 0 Å². The number of rotatable bonds is 8. The fourth-order valence-electron chi connectivity index (χ4n) is 4.17. The maximum atomic E-state index is 13.7. The van der Waals surface area contributed by atoms with Crippen molar-refractivity contribution in [1.29, 1.82) is 5.26 Å². The third-order valence-electron chi connectivity index (χ3n) is 6.33. The summed E-state index contributed by atoms with van der Waals surface area (Å²) in [5.41, 5.74) is 3.54. The van der Waals surface area contributed by atoms with Crippen molar-refractivity contribution < 1.29 is 9.53 Å². The molecule has 0 bridgehead atoms. The zero-order valence-corrected chi connectivity index (χ0v) is 22.3. The quantitative estimate of drug-likeness (QED) is 0.262. The van der Waals surface area contributed by atoms with Gasteiger partial charge in [0.2, 0.25) is 5.91 Å². The molecule has 0 saturated carbocycles. The maximum absolute atomic E-state index is 13.7. The van der Waals surface area contributed by atoms with Crippen LogP contribution in [0.5, 0.6) is 5.75 Å².